The van der Waals surface area contributed by atoms with E-state index >= 15 is 0 Å². The number of rotatable bonds is 4. The van der Waals surface area contributed by atoms with Crippen molar-refractivity contribution in [1.29, 1.82) is 0 Å². The van der Waals surface area contributed by atoms with Crippen molar-refractivity contribution in [2.24, 2.45) is 0 Å². The fourth-order valence-corrected chi connectivity index (χ4v) is 3.37. The topological polar surface area (TPSA) is 54.9 Å². The molecule has 0 atom stereocenters. The molecule has 3 rings (SSSR count). The van der Waals surface area contributed by atoms with Crippen LogP contribution in [0.25, 0.3) is 0 Å². The number of morpholine rings is 2. The van der Waals surface area contributed by atoms with E-state index in [0.29, 0.717) is 32.7 Å². The van der Waals surface area contributed by atoms with E-state index in [0.717, 1.165) is 43.5 Å². The van der Waals surface area contributed by atoms with E-state index in [-0.39, 0.29) is 5.91 Å². The number of thiazole rings is 1. The summed E-state index contributed by atoms with van der Waals surface area (Å²) in [6, 6.07) is 0. The van der Waals surface area contributed by atoms with E-state index in [1.807, 2.05) is 10.3 Å². The van der Waals surface area contributed by atoms with Crippen LogP contribution in [0.5, 0.6) is 0 Å². The lowest BCUT2D eigenvalue weighted by Crippen LogP contribution is -2.41. The van der Waals surface area contributed by atoms with Crippen molar-refractivity contribution in [3.63, 3.8) is 0 Å². The first-order chi connectivity index (χ1) is 10.3. The molecule has 1 aromatic rings. The molecule has 0 saturated carbocycles. The Morgan fingerprint density at radius 1 is 1.14 bits per heavy atom. The first-order valence-corrected chi connectivity index (χ1v) is 8.28. The Hall–Kier alpha value is -1.02. The number of amides is 1. The van der Waals surface area contributed by atoms with Crippen LogP contribution in [0.4, 0.5) is 0 Å². The summed E-state index contributed by atoms with van der Waals surface area (Å²) < 4.78 is 10.6. The Morgan fingerprint density at radius 3 is 2.52 bits per heavy atom. The molecule has 3 heterocycles. The van der Waals surface area contributed by atoms with Gasteiger partial charge in [0.2, 0.25) is 5.91 Å². The Kier molecular flexibility index (Phi) is 5.18. The van der Waals surface area contributed by atoms with Gasteiger partial charge in [-0.05, 0) is 0 Å². The molecule has 21 heavy (non-hydrogen) atoms. The average Bonchev–Trinajstić information content (AvgIpc) is 2.96. The van der Waals surface area contributed by atoms with Gasteiger partial charge >= 0.3 is 0 Å². The summed E-state index contributed by atoms with van der Waals surface area (Å²) in [6.45, 7) is 7.06. The lowest BCUT2D eigenvalue weighted by atomic mass is 10.3. The molecule has 1 amide bonds. The summed E-state index contributed by atoms with van der Waals surface area (Å²) in [7, 11) is 0. The predicted molar refractivity (Wildman–Crippen MR) is 79.3 cm³/mol. The molecule has 0 bridgehead atoms. The zero-order chi connectivity index (χ0) is 14.5. The van der Waals surface area contributed by atoms with Crippen LogP contribution in [0.1, 0.15) is 10.7 Å². The lowest BCUT2D eigenvalue weighted by molar-refractivity contribution is -0.134. The zero-order valence-corrected chi connectivity index (χ0v) is 12.9. The van der Waals surface area contributed by atoms with Gasteiger partial charge in [-0.25, -0.2) is 4.98 Å². The molecule has 2 fully saturated rings. The number of hydrogen-bond acceptors (Lipinski definition) is 6. The van der Waals surface area contributed by atoms with E-state index in [1.54, 1.807) is 11.3 Å². The molecule has 1 aromatic heterocycles. The molecule has 0 radical (unpaired) electrons. The average molecular weight is 311 g/mol. The molecular formula is C14H21N3O3S. The minimum Gasteiger partial charge on any atom is -0.379 e. The van der Waals surface area contributed by atoms with Gasteiger partial charge in [0.05, 0.1) is 45.1 Å². The predicted octanol–water partition coefficient (Wildman–Crippen LogP) is 0.377. The Labute approximate surface area is 128 Å². The van der Waals surface area contributed by atoms with Gasteiger partial charge in [-0.2, -0.15) is 0 Å². The molecule has 2 saturated heterocycles. The van der Waals surface area contributed by atoms with Gasteiger partial charge in [-0.15, -0.1) is 11.3 Å². The third-order valence-electron chi connectivity index (χ3n) is 3.76. The number of ether oxygens (including phenoxy) is 2. The van der Waals surface area contributed by atoms with E-state index < -0.39 is 0 Å². The molecular weight excluding hydrogens is 290 g/mol. The first kappa shape index (κ1) is 14.9. The molecule has 2 aliphatic heterocycles. The summed E-state index contributed by atoms with van der Waals surface area (Å²) in [6.07, 6.45) is 0.402. The van der Waals surface area contributed by atoms with Crippen LogP contribution >= 0.6 is 11.3 Å². The minimum absolute atomic E-state index is 0.154. The van der Waals surface area contributed by atoms with Gasteiger partial charge in [0.1, 0.15) is 5.01 Å². The van der Waals surface area contributed by atoms with Crippen LogP contribution in [0.15, 0.2) is 5.38 Å². The highest BCUT2D eigenvalue weighted by atomic mass is 32.1. The second kappa shape index (κ2) is 7.31. The van der Waals surface area contributed by atoms with Crippen molar-refractivity contribution in [3.8, 4) is 0 Å². The van der Waals surface area contributed by atoms with Gasteiger partial charge in [0.15, 0.2) is 0 Å². The Morgan fingerprint density at radius 2 is 1.81 bits per heavy atom. The summed E-state index contributed by atoms with van der Waals surface area (Å²) in [5.74, 6) is 0.154. The summed E-state index contributed by atoms with van der Waals surface area (Å²) >= 11 is 1.64. The van der Waals surface area contributed by atoms with Crippen LogP contribution < -0.4 is 0 Å². The maximum Gasteiger partial charge on any atom is 0.228 e. The maximum atomic E-state index is 12.2. The Bertz CT molecular complexity index is 468. The van der Waals surface area contributed by atoms with Crippen molar-refractivity contribution >= 4 is 17.2 Å². The molecule has 6 nitrogen and oxygen atoms in total. The molecule has 0 aromatic carbocycles. The van der Waals surface area contributed by atoms with Crippen LogP contribution in [-0.2, 0) is 27.2 Å². The van der Waals surface area contributed by atoms with Gasteiger partial charge < -0.3 is 14.4 Å². The fourth-order valence-electron chi connectivity index (χ4n) is 2.53. The van der Waals surface area contributed by atoms with Crippen molar-refractivity contribution in [2.75, 3.05) is 52.6 Å². The van der Waals surface area contributed by atoms with E-state index in [9.17, 15) is 4.79 Å². The van der Waals surface area contributed by atoms with E-state index in [4.69, 9.17) is 9.47 Å². The van der Waals surface area contributed by atoms with Crippen molar-refractivity contribution < 1.29 is 14.3 Å². The smallest absolute Gasteiger partial charge is 0.228 e. The lowest BCUT2D eigenvalue weighted by Gasteiger charge is -2.26. The van der Waals surface area contributed by atoms with E-state index in [1.165, 1.54) is 0 Å². The molecule has 2 aliphatic rings. The number of carbonyl (C=O) groups is 1. The molecule has 7 heteroatoms. The second-order valence-electron chi connectivity index (χ2n) is 5.29. The largest absolute Gasteiger partial charge is 0.379 e. The number of hydrogen-bond donors (Lipinski definition) is 0. The third-order valence-corrected chi connectivity index (χ3v) is 4.64. The van der Waals surface area contributed by atoms with Gasteiger partial charge in [0, 0.05) is 31.6 Å². The summed E-state index contributed by atoms with van der Waals surface area (Å²) in [5.41, 5.74) is 0.889. The fraction of sp³-hybridized carbons (Fsp3) is 0.714. The first-order valence-electron chi connectivity index (χ1n) is 7.40. The van der Waals surface area contributed by atoms with Crippen LogP contribution in [0.3, 0.4) is 0 Å². The molecule has 116 valence electrons. The minimum atomic E-state index is 0.154. The van der Waals surface area contributed by atoms with Crippen molar-refractivity contribution in [3.05, 3.63) is 16.1 Å². The van der Waals surface area contributed by atoms with Crippen molar-refractivity contribution in [2.45, 2.75) is 13.0 Å². The van der Waals surface area contributed by atoms with Gasteiger partial charge in [-0.3, -0.25) is 9.69 Å². The summed E-state index contributed by atoms with van der Waals surface area (Å²) in [5, 5.41) is 3.09. The van der Waals surface area contributed by atoms with Crippen LogP contribution in [-0.4, -0.2) is 73.3 Å². The van der Waals surface area contributed by atoms with Crippen LogP contribution in [0, 0.1) is 0 Å². The quantitative estimate of drug-likeness (QED) is 0.804. The number of aromatic nitrogens is 1. The molecule has 0 N–H and O–H groups in total. The molecule has 0 spiro atoms. The highest BCUT2D eigenvalue weighted by Gasteiger charge is 2.19. The standard InChI is InChI=1S/C14H21N3O3S/c18-14(17-3-7-20-8-4-17)9-12-11-21-13(15-12)10-16-1-5-19-6-2-16/h11H,1-10H2. The number of carbonyl (C=O) groups excluding carboxylic acids is 1. The van der Waals surface area contributed by atoms with Crippen LogP contribution in [0.2, 0.25) is 0 Å². The SMILES string of the molecule is O=C(Cc1csc(CN2CCOCC2)n1)N1CCOCC1. The van der Waals surface area contributed by atoms with E-state index in [2.05, 4.69) is 9.88 Å². The molecule has 0 unspecified atom stereocenters. The highest BCUT2D eigenvalue weighted by Crippen LogP contribution is 2.14. The third kappa shape index (κ3) is 4.23. The monoisotopic (exact) mass is 311 g/mol. The zero-order valence-electron chi connectivity index (χ0n) is 12.1. The van der Waals surface area contributed by atoms with Gasteiger partial charge in [-0.1, -0.05) is 0 Å². The maximum absolute atomic E-state index is 12.2. The Balaban J connectivity index is 1.50. The van der Waals surface area contributed by atoms with Gasteiger partial charge in [0.25, 0.3) is 0 Å². The molecule has 0 aliphatic carbocycles. The number of nitrogens with zero attached hydrogens (tertiary/aromatic N) is 3. The normalized spacial score (nSPS) is 20.7. The summed E-state index contributed by atoms with van der Waals surface area (Å²) in [4.78, 5) is 21.0. The highest BCUT2D eigenvalue weighted by molar-refractivity contribution is 7.09. The van der Waals surface area contributed by atoms with Crippen molar-refractivity contribution in [1.82, 2.24) is 14.8 Å². The second-order valence-corrected chi connectivity index (χ2v) is 6.23.